The normalized spacial score (nSPS) is 9.71. The lowest BCUT2D eigenvalue weighted by Gasteiger charge is -2.15. The zero-order chi connectivity index (χ0) is 12.8. The number of carbonyl (C=O) groups is 3. The molecule has 0 atom stereocenters. The smallest absolute Gasteiger partial charge is 0.264 e. The summed E-state index contributed by atoms with van der Waals surface area (Å²) in [6, 6.07) is 3.45. The summed E-state index contributed by atoms with van der Waals surface area (Å²) in [4.78, 5) is 35.4. The maximum Gasteiger partial charge on any atom is 0.264 e. The van der Waals surface area contributed by atoms with Gasteiger partial charge in [-0.25, -0.2) is 0 Å². The topological polar surface area (TPSA) is 92.5 Å². The molecule has 3 N–H and O–H groups in total. The molecule has 3 amide bonds. The molecule has 0 aliphatic heterocycles. The Morgan fingerprint density at radius 1 is 1.47 bits per heavy atom. The third kappa shape index (κ3) is 4.23. The molecule has 92 valence electrons. The van der Waals surface area contributed by atoms with Crippen molar-refractivity contribution in [2.45, 2.75) is 0 Å². The van der Waals surface area contributed by atoms with E-state index >= 15 is 0 Å². The number of hydrogen-bond acceptors (Lipinski definition) is 4. The van der Waals surface area contributed by atoms with Gasteiger partial charge in [-0.3, -0.25) is 14.4 Å². The Hall–Kier alpha value is -1.89. The van der Waals surface area contributed by atoms with Crippen molar-refractivity contribution in [2.24, 2.45) is 5.73 Å². The molecule has 17 heavy (non-hydrogen) atoms. The minimum Gasteiger partial charge on any atom is -0.368 e. The van der Waals surface area contributed by atoms with Gasteiger partial charge in [0.25, 0.3) is 5.91 Å². The van der Waals surface area contributed by atoms with Crippen molar-refractivity contribution >= 4 is 29.1 Å². The summed E-state index contributed by atoms with van der Waals surface area (Å²) in [5.74, 6) is -1.27. The molecule has 1 rings (SSSR count). The number of nitrogens with two attached hydrogens (primary N) is 1. The highest BCUT2D eigenvalue weighted by Gasteiger charge is 2.15. The van der Waals surface area contributed by atoms with Gasteiger partial charge in [0, 0.05) is 7.05 Å². The van der Waals surface area contributed by atoms with Crippen LogP contribution >= 0.6 is 11.3 Å². The van der Waals surface area contributed by atoms with Gasteiger partial charge >= 0.3 is 0 Å². The number of primary amides is 1. The number of nitrogens with one attached hydrogen (secondary N) is 1. The maximum absolute atomic E-state index is 11.7. The van der Waals surface area contributed by atoms with Gasteiger partial charge in [0.2, 0.25) is 11.8 Å². The molecule has 1 aromatic heterocycles. The van der Waals surface area contributed by atoms with Crippen molar-refractivity contribution in [1.82, 2.24) is 10.2 Å². The van der Waals surface area contributed by atoms with Crippen LogP contribution in [0.25, 0.3) is 0 Å². The van der Waals surface area contributed by atoms with E-state index in [0.717, 1.165) is 0 Å². The number of nitrogens with zero attached hydrogens (tertiary/aromatic N) is 1. The van der Waals surface area contributed by atoms with Crippen molar-refractivity contribution in [2.75, 3.05) is 20.1 Å². The van der Waals surface area contributed by atoms with Crippen LogP contribution in [0.5, 0.6) is 0 Å². The summed E-state index contributed by atoms with van der Waals surface area (Å²) in [6.45, 7) is -0.329. The Labute approximate surface area is 102 Å². The number of rotatable bonds is 5. The van der Waals surface area contributed by atoms with Gasteiger partial charge in [-0.2, -0.15) is 0 Å². The SMILES string of the molecule is CN(CC(=O)NCC(N)=O)C(=O)c1cccs1. The predicted molar refractivity (Wildman–Crippen MR) is 63.5 cm³/mol. The van der Waals surface area contributed by atoms with Crippen LogP contribution in [0.4, 0.5) is 0 Å². The van der Waals surface area contributed by atoms with Gasteiger partial charge in [-0.05, 0) is 11.4 Å². The first-order chi connectivity index (χ1) is 8.00. The van der Waals surface area contributed by atoms with E-state index < -0.39 is 11.8 Å². The molecule has 0 saturated heterocycles. The molecule has 1 aromatic rings. The fourth-order valence-electron chi connectivity index (χ4n) is 1.12. The van der Waals surface area contributed by atoms with Gasteiger partial charge in [-0.1, -0.05) is 6.07 Å². The number of hydrogen-bond donors (Lipinski definition) is 2. The number of carbonyl (C=O) groups excluding carboxylic acids is 3. The summed E-state index contributed by atoms with van der Waals surface area (Å²) in [5.41, 5.74) is 4.88. The largest absolute Gasteiger partial charge is 0.368 e. The first kappa shape index (κ1) is 13.2. The number of amides is 3. The van der Waals surface area contributed by atoms with E-state index in [1.54, 1.807) is 17.5 Å². The Morgan fingerprint density at radius 3 is 2.71 bits per heavy atom. The van der Waals surface area contributed by atoms with Crippen LogP contribution in [0.15, 0.2) is 17.5 Å². The molecule has 0 spiro atoms. The molecule has 6 nitrogen and oxygen atoms in total. The van der Waals surface area contributed by atoms with Crippen molar-refractivity contribution in [1.29, 1.82) is 0 Å². The molecular weight excluding hydrogens is 242 g/mol. The number of thiophene rings is 1. The van der Waals surface area contributed by atoms with E-state index in [-0.39, 0.29) is 19.0 Å². The maximum atomic E-state index is 11.7. The van der Waals surface area contributed by atoms with Gasteiger partial charge in [0.15, 0.2) is 0 Å². The fraction of sp³-hybridized carbons (Fsp3) is 0.300. The zero-order valence-corrected chi connectivity index (χ0v) is 10.1. The van der Waals surface area contributed by atoms with Crippen molar-refractivity contribution in [3.63, 3.8) is 0 Å². The van der Waals surface area contributed by atoms with Gasteiger partial charge in [-0.15, -0.1) is 11.3 Å². The minimum absolute atomic E-state index is 0.107. The lowest BCUT2D eigenvalue weighted by atomic mass is 10.4. The fourth-order valence-corrected chi connectivity index (χ4v) is 1.83. The highest BCUT2D eigenvalue weighted by atomic mass is 32.1. The molecule has 0 fully saturated rings. The van der Waals surface area contributed by atoms with Crippen LogP contribution in [0, 0.1) is 0 Å². The second-order valence-electron chi connectivity index (χ2n) is 3.38. The summed E-state index contributed by atoms with van der Waals surface area (Å²) in [5, 5.41) is 4.10. The molecule has 0 aliphatic rings. The van der Waals surface area contributed by atoms with E-state index in [2.05, 4.69) is 5.32 Å². The third-order valence-electron chi connectivity index (χ3n) is 1.92. The highest BCUT2D eigenvalue weighted by Crippen LogP contribution is 2.10. The van der Waals surface area contributed by atoms with Crippen molar-refractivity contribution in [3.05, 3.63) is 22.4 Å². The summed E-state index contributed by atoms with van der Waals surface area (Å²) < 4.78 is 0. The molecule has 0 aliphatic carbocycles. The Kier molecular flexibility index (Phi) is 4.65. The first-order valence-corrected chi connectivity index (χ1v) is 5.72. The highest BCUT2D eigenvalue weighted by molar-refractivity contribution is 7.12. The van der Waals surface area contributed by atoms with Crippen LogP contribution in [0.1, 0.15) is 9.67 Å². The Bertz CT molecular complexity index is 416. The van der Waals surface area contributed by atoms with Gasteiger partial charge in [0.05, 0.1) is 18.0 Å². The lowest BCUT2D eigenvalue weighted by molar-refractivity contribution is -0.125. The summed E-state index contributed by atoms with van der Waals surface area (Å²) in [7, 11) is 1.52. The van der Waals surface area contributed by atoms with Crippen molar-refractivity contribution in [3.8, 4) is 0 Å². The lowest BCUT2D eigenvalue weighted by Crippen LogP contribution is -2.41. The van der Waals surface area contributed by atoms with Crippen LogP contribution in [-0.4, -0.2) is 42.8 Å². The van der Waals surface area contributed by atoms with E-state index in [0.29, 0.717) is 4.88 Å². The molecule has 0 saturated carbocycles. The molecular formula is C10H13N3O3S. The third-order valence-corrected chi connectivity index (χ3v) is 2.78. The van der Waals surface area contributed by atoms with E-state index in [4.69, 9.17) is 5.73 Å². The van der Waals surface area contributed by atoms with E-state index in [9.17, 15) is 14.4 Å². The molecule has 1 heterocycles. The van der Waals surface area contributed by atoms with Crippen LogP contribution in [-0.2, 0) is 9.59 Å². The summed E-state index contributed by atoms with van der Waals surface area (Å²) >= 11 is 1.31. The average Bonchev–Trinajstić information content (AvgIpc) is 2.78. The van der Waals surface area contributed by atoms with Crippen LogP contribution in [0.3, 0.4) is 0 Å². The second-order valence-corrected chi connectivity index (χ2v) is 4.33. The predicted octanol–water partition coefficient (Wildman–Crippen LogP) is -0.578. The molecule has 0 bridgehead atoms. The minimum atomic E-state index is -0.620. The van der Waals surface area contributed by atoms with Crippen LogP contribution < -0.4 is 11.1 Å². The van der Waals surface area contributed by atoms with E-state index in [1.807, 2.05) is 0 Å². The molecule has 0 unspecified atom stereocenters. The molecule has 7 heteroatoms. The standard InChI is InChI=1S/C10H13N3O3S/c1-13(6-9(15)12-5-8(11)14)10(16)7-3-2-4-17-7/h2-4H,5-6H2,1H3,(H2,11,14)(H,12,15). The van der Waals surface area contributed by atoms with E-state index in [1.165, 1.54) is 23.3 Å². The summed E-state index contributed by atoms with van der Waals surface area (Å²) in [6.07, 6.45) is 0. The molecule has 0 aromatic carbocycles. The quantitative estimate of drug-likeness (QED) is 0.737. The second kappa shape index (κ2) is 6.00. The average molecular weight is 255 g/mol. The number of likely N-dealkylation sites (N-methyl/N-ethyl adjacent to an activating group) is 1. The first-order valence-electron chi connectivity index (χ1n) is 4.84. The molecule has 0 radical (unpaired) electrons. The van der Waals surface area contributed by atoms with Crippen LogP contribution in [0.2, 0.25) is 0 Å². The van der Waals surface area contributed by atoms with Gasteiger partial charge < -0.3 is 16.0 Å². The van der Waals surface area contributed by atoms with Crippen molar-refractivity contribution < 1.29 is 14.4 Å². The zero-order valence-electron chi connectivity index (χ0n) is 9.30. The monoisotopic (exact) mass is 255 g/mol. The Balaban J connectivity index is 2.43. The van der Waals surface area contributed by atoms with Gasteiger partial charge in [0.1, 0.15) is 0 Å². The Morgan fingerprint density at radius 2 is 2.18 bits per heavy atom.